The van der Waals surface area contributed by atoms with E-state index in [9.17, 15) is 18.0 Å². The number of aromatic nitrogens is 1. The van der Waals surface area contributed by atoms with Crippen LogP contribution in [0.25, 0.3) is 0 Å². The van der Waals surface area contributed by atoms with E-state index in [0.717, 1.165) is 18.7 Å². The normalized spacial score (nSPS) is 16.4. The van der Waals surface area contributed by atoms with Gasteiger partial charge in [0.25, 0.3) is 0 Å². The first-order valence-electron chi connectivity index (χ1n) is 8.44. The van der Waals surface area contributed by atoms with Crippen molar-refractivity contribution in [3.05, 3.63) is 22.8 Å². The molecular formula is C17H23ClF3N3O. The molecular weight excluding hydrogens is 355 g/mol. The molecule has 2 heterocycles. The molecule has 0 spiro atoms. The highest BCUT2D eigenvalue weighted by Crippen LogP contribution is 2.34. The number of pyridine rings is 1. The van der Waals surface area contributed by atoms with Crippen LogP contribution in [0.3, 0.4) is 0 Å². The summed E-state index contributed by atoms with van der Waals surface area (Å²) in [6.07, 6.45) is -1.46. The van der Waals surface area contributed by atoms with E-state index in [1.165, 1.54) is 0 Å². The van der Waals surface area contributed by atoms with E-state index < -0.39 is 11.7 Å². The summed E-state index contributed by atoms with van der Waals surface area (Å²) >= 11 is 5.98. The molecule has 1 fully saturated rings. The highest BCUT2D eigenvalue weighted by Gasteiger charge is 2.32. The van der Waals surface area contributed by atoms with Gasteiger partial charge in [-0.3, -0.25) is 4.79 Å². The molecule has 0 atom stereocenters. The Hall–Kier alpha value is -1.50. The third-order valence-electron chi connectivity index (χ3n) is 4.34. The highest BCUT2D eigenvalue weighted by molar-refractivity contribution is 6.33. The smallest absolute Gasteiger partial charge is 0.356 e. The molecule has 0 saturated carbocycles. The predicted octanol–water partition coefficient (Wildman–Crippen LogP) is 4.13. The summed E-state index contributed by atoms with van der Waals surface area (Å²) in [4.78, 5) is 17.9. The lowest BCUT2D eigenvalue weighted by Gasteiger charge is -2.32. The van der Waals surface area contributed by atoms with Crippen molar-refractivity contribution >= 4 is 23.3 Å². The molecule has 1 aliphatic heterocycles. The third-order valence-corrected chi connectivity index (χ3v) is 4.61. The minimum Gasteiger partial charge on any atom is -0.356 e. The molecule has 2 rings (SSSR count). The summed E-state index contributed by atoms with van der Waals surface area (Å²) in [5.74, 6) is 0.853. The van der Waals surface area contributed by atoms with Crippen molar-refractivity contribution in [2.75, 3.05) is 24.5 Å². The molecule has 25 heavy (non-hydrogen) atoms. The number of hydrogen-bond donors (Lipinski definition) is 1. The second-order valence-electron chi connectivity index (χ2n) is 6.76. The van der Waals surface area contributed by atoms with Gasteiger partial charge in [0.1, 0.15) is 5.82 Å². The van der Waals surface area contributed by atoms with Crippen LogP contribution in [0.5, 0.6) is 0 Å². The number of carbonyl (C=O) groups excluding carboxylic acids is 1. The van der Waals surface area contributed by atoms with Gasteiger partial charge in [0.05, 0.1) is 10.6 Å². The molecule has 1 N–H and O–H groups in total. The van der Waals surface area contributed by atoms with Crippen LogP contribution in [-0.4, -0.2) is 30.5 Å². The number of hydrogen-bond acceptors (Lipinski definition) is 3. The Morgan fingerprint density at radius 1 is 1.40 bits per heavy atom. The van der Waals surface area contributed by atoms with Gasteiger partial charge in [-0.25, -0.2) is 4.98 Å². The van der Waals surface area contributed by atoms with E-state index in [2.05, 4.69) is 24.1 Å². The van der Waals surface area contributed by atoms with Crippen LogP contribution >= 0.6 is 11.6 Å². The number of amides is 1. The van der Waals surface area contributed by atoms with Gasteiger partial charge in [-0.1, -0.05) is 25.4 Å². The quantitative estimate of drug-likeness (QED) is 0.839. The lowest BCUT2D eigenvalue weighted by Crippen LogP contribution is -2.41. The average molecular weight is 378 g/mol. The molecule has 0 radical (unpaired) electrons. The molecule has 0 aromatic carbocycles. The Balaban J connectivity index is 1.91. The van der Waals surface area contributed by atoms with Gasteiger partial charge in [0.2, 0.25) is 5.91 Å². The maximum atomic E-state index is 12.7. The minimum absolute atomic E-state index is 0.0188. The van der Waals surface area contributed by atoms with E-state index in [0.29, 0.717) is 44.2 Å². The van der Waals surface area contributed by atoms with E-state index in [-0.39, 0.29) is 16.8 Å². The fourth-order valence-corrected chi connectivity index (χ4v) is 3.09. The zero-order valence-corrected chi connectivity index (χ0v) is 15.1. The Kier molecular flexibility index (Phi) is 6.54. The second-order valence-corrected chi connectivity index (χ2v) is 7.17. The van der Waals surface area contributed by atoms with Gasteiger partial charge in [-0.15, -0.1) is 0 Å². The molecule has 1 aromatic rings. The number of anilines is 1. The van der Waals surface area contributed by atoms with Crippen molar-refractivity contribution < 1.29 is 18.0 Å². The summed E-state index contributed by atoms with van der Waals surface area (Å²) in [7, 11) is 0. The molecule has 1 aromatic heterocycles. The number of rotatable bonds is 5. The maximum absolute atomic E-state index is 12.7. The van der Waals surface area contributed by atoms with Crippen LogP contribution < -0.4 is 10.2 Å². The summed E-state index contributed by atoms with van der Waals surface area (Å²) in [6.45, 7) is 5.96. The molecule has 1 amide bonds. The highest BCUT2D eigenvalue weighted by atomic mass is 35.5. The first-order valence-corrected chi connectivity index (χ1v) is 8.81. The van der Waals surface area contributed by atoms with Crippen molar-refractivity contribution in [1.29, 1.82) is 0 Å². The van der Waals surface area contributed by atoms with E-state index >= 15 is 0 Å². The summed E-state index contributed by atoms with van der Waals surface area (Å²) in [6, 6.07) is 0.897. The Morgan fingerprint density at radius 2 is 2.04 bits per heavy atom. The molecule has 1 saturated heterocycles. The van der Waals surface area contributed by atoms with Gasteiger partial charge in [-0.2, -0.15) is 13.2 Å². The first kappa shape index (κ1) is 19.8. The van der Waals surface area contributed by atoms with Gasteiger partial charge >= 0.3 is 6.18 Å². The van der Waals surface area contributed by atoms with Gasteiger partial charge < -0.3 is 10.2 Å². The molecule has 8 heteroatoms. The maximum Gasteiger partial charge on any atom is 0.417 e. The molecule has 0 bridgehead atoms. The second kappa shape index (κ2) is 8.25. The van der Waals surface area contributed by atoms with Gasteiger partial charge in [0.15, 0.2) is 0 Å². The van der Waals surface area contributed by atoms with E-state index in [1.807, 2.05) is 4.90 Å². The predicted molar refractivity (Wildman–Crippen MR) is 91.7 cm³/mol. The van der Waals surface area contributed by atoms with Gasteiger partial charge in [0, 0.05) is 31.7 Å². The summed E-state index contributed by atoms with van der Waals surface area (Å²) < 4.78 is 38.0. The monoisotopic (exact) mass is 377 g/mol. The Morgan fingerprint density at radius 3 is 2.56 bits per heavy atom. The first-order chi connectivity index (χ1) is 11.7. The lowest BCUT2D eigenvalue weighted by atomic mass is 9.95. The van der Waals surface area contributed by atoms with Crippen LogP contribution in [0, 0.1) is 11.8 Å². The van der Waals surface area contributed by atoms with Crippen molar-refractivity contribution in [2.24, 2.45) is 11.8 Å². The molecule has 4 nitrogen and oxygen atoms in total. The number of piperidine rings is 1. The van der Waals surface area contributed by atoms with Crippen molar-refractivity contribution in [2.45, 2.75) is 39.3 Å². The average Bonchev–Trinajstić information content (AvgIpc) is 2.53. The Labute approximate surface area is 150 Å². The van der Waals surface area contributed by atoms with Crippen molar-refractivity contribution in [3.63, 3.8) is 0 Å². The van der Waals surface area contributed by atoms with Crippen LogP contribution in [-0.2, 0) is 11.0 Å². The molecule has 140 valence electrons. The lowest BCUT2D eigenvalue weighted by molar-refractivity contribution is -0.137. The van der Waals surface area contributed by atoms with Crippen LogP contribution in [0.15, 0.2) is 12.3 Å². The number of carbonyl (C=O) groups is 1. The molecule has 1 aliphatic rings. The topological polar surface area (TPSA) is 45.2 Å². The van der Waals surface area contributed by atoms with E-state index in [1.54, 1.807) is 0 Å². The third kappa shape index (κ3) is 5.49. The molecule has 0 unspecified atom stereocenters. The largest absolute Gasteiger partial charge is 0.417 e. The van der Waals surface area contributed by atoms with Crippen LogP contribution in [0.4, 0.5) is 19.0 Å². The minimum atomic E-state index is -4.46. The number of halogens is 4. The zero-order chi connectivity index (χ0) is 18.6. The van der Waals surface area contributed by atoms with Gasteiger partial charge in [-0.05, 0) is 31.2 Å². The summed E-state index contributed by atoms with van der Waals surface area (Å²) in [5, 5.41) is 2.93. The zero-order valence-electron chi connectivity index (χ0n) is 14.4. The summed E-state index contributed by atoms with van der Waals surface area (Å²) in [5.41, 5.74) is -0.860. The van der Waals surface area contributed by atoms with Crippen molar-refractivity contribution in [1.82, 2.24) is 10.3 Å². The molecule has 0 aliphatic carbocycles. The Bertz CT molecular complexity index is 599. The number of nitrogens with one attached hydrogen (secondary N) is 1. The SMILES string of the molecule is CC(C)CCNC(=O)C1CCN(c2ncc(C(F)(F)F)cc2Cl)CC1. The van der Waals surface area contributed by atoms with Crippen LogP contribution in [0.2, 0.25) is 5.02 Å². The van der Waals surface area contributed by atoms with E-state index in [4.69, 9.17) is 11.6 Å². The number of nitrogens with zero attached hydrogens (tertiary/aromatic N) is 2. The fourth-order valence-electron chi connectivity index (χ4n) is 2.80. The number of alkyl halides is 3. The van der Waals surface area contributed by atoms with Crippen LogP contribution in [0.1, 0.15) is 38.7 Å². The van der Waals surface area contributed by atoms with Crippen molar-refractivity contribution in [3.8, 4) is 0 Å². The standard InChI is InChI=1S/C17H23ClF3N3O/c1-11(2)3-6-22-16(25)12-4-7-24(8-5-12)15-14(18)9-13(10-23-15)17(19,20)21/h9-12H,3-8H2,1-2H3,(H,22,25). The fraction of sp³-hybridized carbons (Fsp3) is 0.647.